The minimum Gasteiger partial charge on any atom is -0.344 e. The number of rotatable bonds is 2. The van der Waals surface area contributed by atoms with E-state index in [-0.39, 0.29) is 5.41 Å². The molecule has 0 saturated carbocycles. The number of fused-ring (bicyclic) bond motifs is 1. The van der Waals surface area contributed by atoms with Crippen molar-refractivity contribution in [3.05, 3.63) is 35.2 Å². The summed E-state index contributed by atoms with van der Waals surface area (Å²) in [5.41, 5.74) is 4.52. The third-order valence-electron chi connectivity index (χ3n) is 3.43. The zero-order chi connectivity index (χ0) is 12.8. The largest absolute Gasteiger partial charge is 0.344 e. The molecule has 1 heterocycles. The van der Waals surface area contributed by atoms with E-state index in [2.05, 4.69) is 31.9 Å². The number of aromatic nitrogens is 1. The van der Waals surface area contributed by atoms with Crippen molar-refractivity contribution >= 4 is 5.78 Å². The summed E-state index contributed by atoms with van der Waals surface area (Å²) in [5.74, 6) is 0.291. The second-order valence-electron chi connectivity index (χ2n) is 6.13. The molecule has 17 heavy (non-hydrogen) atoms. The average Bonchev–Trinajstić information content (AvgIpc) is 2.43. The normalized spacial score (nSPS) is 18.0. The van der Waals surface area contributed by atoms with Gasteiger partial charge in [0.25, 0.3) is 0 Å². The van der Waals surface area contributed by atoms with Gasteiger partial charge in [-0.2, -0.15) is 0 Å². The van der Waals surface area contributed by atoms with E-state index in [9.17, 15) is 4.79 Å². The maximum atomic E-state index is 12.1. The van der Waals surface area contributed by atoms with Gasteiger partial charge in [0.05, 0.1) is 0 Å². The van der Waals surface area contributed by atoms with Crippen molar-refractivity contribution in [2.45, 2.75) is 47.1 Å². The van der Waals surface area contributed by atoms with E-state index in [4.69, 9.17) is 0 Å². The van der Waals surface area contributed by atoms with Crippen molar-refractivity contribution in [2.24, 2.45) is 5.41 Å². The Balaban J connectivity index is 2.51. The van der Waals surface area contributed by atoms with Crippen LogP contribution in [0.15, 0.2) is 18.2 Å². The lowest BCUT2D eigenvalue weighted by atomic mass is 9.76. The van der Waals surface area contributed by atoms with Crippen LogP contribution in [0.3, 0.4) is 0 Å². The number of nitrogens with zero attached hydrogens (tertiary/aromatic N) is 1. The molecule has 0 aromatic carbocycles. The Labute approximate surface area is 103 Å². The number of carbonyl (C=O) groups is 1. The van der Waals surface area contributed by atoms with Gasteiger partial charge in [-0.1, -0.05) is 26.0 Å². The third kappa shape index (κ3) is 2.21. The molecule has 92 valence electrons. The van der Waals surface area contributed by atoms with Gasteiger partial charge in [0.2, 0.25) is 0 Å². The van der Waals surface area contributed by atoms with Crippen molar-refractivity contribution in [3.8, 4) is 0 Å². The summed E-state index contributed by atoms with van der Waals surface area (Å²) < 4.78 is 2.25. The fourth-order valence-corrected chi connectivity index (χ4v) is 2.70. The maximum Gasteiger partial charge on any atom is 0.165 e. The summed E-state index contributed by atoms with van der Waals surface area (Å²) in [7, 11) is 0. The molecule has 0 N–H and O–H groups in total. The van der Waals surface area contributed by atoms with Gasteiger partial charge in [0.1, 0.15) is 0 Å². The summed E-state index contributed by atoms with van der Waals surface area (Å²) in [6.07, 6.45) is 1.64. The molecule has 0 radical (unpaired) electrons. The van der Waals surface area contributed by atoms with Crippen LogP contribution in [0.2, 0.25) is 0 Å². The van der Waals surface area contributed by atoms with Crippen molar-refractivity contribution < 1.29 is 4.79 Å². The molecule has 2 heteroatoms. The van der Waals surface area contributed by atoms with E-state index in [0.29, 0.717) is 12.2 Å². The number of allylic oxidation sites excluding steroid dienone is 1. The highest BCUT2D eigenvalue weighted by molar-refractivity contribution is 5.99. The molecule has 0 spiro atoms. The van der Waals surface area contributed by atoms with Gasteiger partial charge in [-0.3, -0.25) is 4.79 Å². The fourth-order valence-electron chi connectivity index (χ4n) is 2.70. The van der Waals surface area contributed by atoms with E-state index in [0.717, 1.165) is 24.1 Å². The molecule has 1 aromatic rings. The Morgan fingerprint density at radius 2 is 2.12 bits per heavy atom. The molecule has 1 aliphatic carbocycles. The molecular weight excluding hydrogens is 210 g/mol. The van der Waals surface area contributed by atoms with Gasteiger partial charge in [-0.15, -0.1) is 0 Å². The predicted octanol–water partition coefficient (Wildman–Crippen LogP) is 3.53. The second-order valence-corrected chi connectivity index (χ2v) is 6.13. The first-order chi connectivity index (χ1) is 7.80. The van der Waals surface area contributed by atoms with Crippen LogP contribution in [-0.2, 0) is 13.0 Å². The number of ketones is 1. The topological polar surface area (TPSA) is 22.0 Å². The third-order valence-corrected chi connectivity index (χ3v) is 3.43. The predicted molar refractivity (Wildman–Crippen MR) is 70.4 cm³/mol. The Hall–Kier alpha value is -1.31. The lowest BCUT2D eigenvalue weighted by Crippen LogP contribution is -2.28. The molecule has 0 atom stereocenters. The summed E-state index contributed by atoms with van der Waals surface area (Å²) in [6.45, 7) is 13.2. The monoisotopic (exact) mass is 231 g/mol. The Morgan fingerprint density at radius 3 is 2.71 bits per heavy atom. The molecule has 1 aromatic heterocycles. The zero-order valence-electron chi connectivity index (χ0n) is 11.3. The highest BCUT2D eigenvalue weighted by atomic mass is 16.1. The smallest absolute Gasteiger partial charge is 0.165 e. The van der Waals surface area contributed by atoms with Gasteiger partial charge in [-0.25, -0.2) is 0 Å². The molecule has 0 saturated heterocycles. The Morgan fingerprint density at radius 1 is 1.47 bits per heavy atom. The second kappa shape index (κ2) is 3.86. The van der Waals surface area contributed by atoms with E-state index in [1.54, 1.807) is 0 Å². The maximum absolute atomic E-state index is 12.1. The summed E-state index contributed by atoms with van der Waals surface area (Å²) in [4.78, 5) is 12.1. The van der Waals surface area contributed by atoms with Gasteiger partial charge >= 0.3 is 0 Å². The number of carbonyl (C=O) groups excluding carboxylic acids is 1. The van der Waals surface area contributed by atoms with E-state index < -0.39 is 0 Å². The van der Waals surface area contributed by atoms with Crippen LogP contribution >= 0.6 is 0 Å². The molecule has 0 bridgehead atoms. The number of aryl methyl sites for hydroxylation is 1. The van der Waals surface area contributed by atoms with E-state index in [1.807, 2.05) is 13.0 Å². The highest BCUT2D eigenvalue weighted by Gasteiger charge is 2.33. The van der Waals surface area contributed by atoms with Crippen molar-refractivity contribution in [3.63, 3.8) is 0 Å². The standard InChI is InChI=1S/C15H21NO/c1-10(2)9-16-11(3)6-12-13(16)7-15(4,5)8-14(12)17/h6H,1,7-9H2,2-5H3. The lowest BCUT2D eigenvalue weighted by Gasteiger charge is -2.30. The van der Waals surface area contributed by atoms with Crippen molar-refractivity contribution in [1.29, 1.82) is 0 Å². The van der Waals surface area contributed by atoms with Crippen LogP contribution in [0.5, 0.6) is 0 Å². The number of Topliss-reactive ketones (excluding diaryl/α,β-unsaturated/α-hetero) is 1. The highest BCUT2D eigenvalue weighted by Crippen LogP contribution is 2.36. The number of hydrogen-bond acceptors (Lipinski definition) is 1. The summed E-state index contributed by atoms with van der Waals surface area (Å²) >= 11 is 0. The molecular formula is C15H21NO. The SMILES string of the molecule is C=C(C)Cn1c(C)cc2c1CC(C)(C)CC2=O. The molecule has 0 fully saturated rings. The minimum atomic E-state index is 0.0850. The van der Waals surface area contributed by atoms with Crippen LogP contribution in [0, 0.1) is 12.3 Å². The van der Waals surface area contributed by atoms with Crippen molar-refractivity contribution in [2.75, 3.05) is 0 Å². The van der Waals surface area contributed by atoms with E-state index in [1.165, 1.54) is 11.4 Å². The zero-order valence-corrected chi connectivity index (χ0v) is 11.3. The molecule has 0 unspecified atom stereocenters. The lowest BCUT2D eigenvalue weighted by molar-refractivity contribution is 0.0910. The molecule has 1 aliphatic rings. The average molecular weight is 231 g/mol. The Bertz CT molecular complexity index is 491. The van der Waals surface area contributed by atoms with Crippen LogP contribution in [0.4, 0.5) is 0 Å². The Kier molecular flexibility index (Phi) is 2.76. The molecule has 0 amide bonds. The summed E-state index contributed by atoms with van der Waals surface area (Å²) in [5, 5.41) is 0. The van der Waals surface area contributed by atoms with Gasteiger partial charge < -0.3 is 4.57 Å². The van der Waals surface area contributed by atoms with Gasteiger partial charge in [0.15, 0.2) is 5.78 Å². The first-order valence-electron chi connectivity index (χ1n) is 6.17. The quantitative estimate of drug-likeness (QED) is 0.714. The van der Waals surface area contributed by atoms with Gasteiger partial charge in [0, 0.05) is 29.9 Å². The first kappa shape index (κ1) is 12.2. The van der Waals surface area contributed by atoms with Crippen LogP contribution in [0.25, 0.3) is 0 Å². The first-order valence-corrected chi connectivity index (χ1v) is 6.17. The number of hydrogen-bond donors (Lipinski definition) is 0. The van der Waals surface area contributed by atoms with Crippen LogP contribution < -0.4 is 0 Å². The fraction of sp³-hybridized carbons (Fsp3) is 0.533. The van der Waals surface area contributed by atoms with Crippen molar-refractivity contribution in [1.82, 2.24) is 4.57 Å². The minimum absolute atomic E-state index is 0.0850. The molecule has 2 nitrogen and oxygen atoms in total. The van der Waals surface area contributed by atoms with Crippen LogP contribution in [-0.4, -0.2) is 10.4 Å². The summed E-state index contributed by atoms with van der Waals surface area (Å²) in [6, 6.07) is 2.04. The van der Waals surface area contributed by atoms with E-state index >= 15 is 0 Å². The van der Waals surface area contributed by atoms with Gasteiger partial charge in [-0.05, 0) is 31.7 Å². The molecule has 0 aliphatic heterocycles. The van der Waals surface area contributed by atoms with Crippen LogP contribution in [0.1, 0.15) is 48.9 Å². The molecule has 2 rings (SSSR count).